The molecule has 0 fully saturated rings. The summed E-state index contributed by atoms with van der Waals surface area (Å²) in [7, 11) is 0. The zero-order chi connectivity index (χ0) is 21.8. The van der Waals surface area contributed by atoms with Gasteiger partial charge in [0, 0.05) is 31.4 Å². The number of carbonyl (C=O) groups excluding carboxylic acids is 2. The van der Waals surface area contributed by atoms with Crippen LogP contribution in [-0.4, -0.2) is 45.8 Å². The highest BCUT2D eigenvalue weighted by atomic mass is 16.5. The zero-order valence-corrected chi connectivity index (χ0v) is 17.3. The molecule has 1 atom stereocenters. The summed E-state index contributed by atoms with van der Waals surface area (Å²) in [5.74, 6) is 0.457. The molecule has 0 bridgehead atoms. The number of rotatable bonds is 7. The van der Waals surface area contributed by atoms with E-state index in [9.17, 15) is 19.8 Å². The van der Waals surface area contributed by atoms with Crippen molar-refractivity contribution in [3.8, 4) is 0 Å². The second-order valence-electron chi connectivity index (χ2n) is 8.02. The van der Waals surface area contributed by atoms with Gasteiger partial charge < -0.3 is 14.7 Å². The number of Topliss-reactive ketones (excluding diaryl/α,β-unsaturated/α-hetero) is 2. The van der Waals surface area contributed by atoms with Gasteiger partial charge in [-0.15, -0.1) is 0 Å². The molecule has 0 amide bonds. The number of aliphatic hydroxyl groups excluding tert-OH is 2. The molecule has 0 saturated heterocycles. The summed E-state index contributed by atoms with van der Waals surface area (Å²) in [6.07, 6.45) is 3.30. The Morgan fingerprint density at radius 2 is 1.94 bits per heavy atom. The molecule has 2 aliphatic rings. The Labute approximate surface area is 180 Å². The molecule has 0 spiro atoms. The van der Waals surface area contributed by atoms with Crippen LogP contribution in [0.4, 0.5) is 0 Å². The molecule has 162 valence electrons. The maximum absolute atomic E-state index is 13.0. The van der Waals surface area contributed by atoms with Gasteiger partial charge in [0.25, 0.3) is 0 Å². The van der Waals surface area contributed by atoms with Crippen molar-refractivity contribution in [2.45, 2.75) is 50.9 Å². The maximum atomic E-state index is 13.0. The van der Waals surface area contributed by atoms with Crippen molar-refractivity contribution in [3.63, 3.8) is 0 Å². The Balaban J connectivity index is 1.56. The van der Waals surface area contributed by atoms with Crippen LogP contribution in [0.3, 0.4) is 0 Å². The molecular formula is C24H26N2O5. The third kappa shape index (κ3) is 4.51. The molecule has 1 unspecified atom stereocenters. The molecule has 1 heterocycles. The van der Waals surface area contributed by atoms with E-state index in [1.165, 1.54) is 0 Å². The molecule has 1 aromatic carbocycles. The van der Waals surface area contributed by atoms with Crippen LogP contribution in [0.25, 0.3) is 0 Å². The van der Waals surface area contributed by atoms with Gasteiger partial charge in [-0.05, 0) is 30.7 Å². The molecule has 31 heavy (non-hydrogen) atoms. The van der Waals surface area contributed by atoms with Gasteiger partial charge in [-0.1, -0.05) is 35.5 Å². The fourth-order valence-electron chi connectivity index (χ4n) is 4.44. The number of fused-ring (bicyclic) bond motifs is 1. The Morgan fingerprint density at radius 3 is 2.68 bits per heavy atom. The predicted molar refractivity (Wildman–Crippen MR) is 115 cm³/mol. The van der Waals surface area contributed by atoms with E-state index >= 15 is 0 Å². The van der Waals surface area contributed by atoms with E-state index in [0.29, 0.717) is 61.3 Å². The number of nitrogens with zero attached hydrogens (tertiary/aromatic N) is 2. The van der Waals surface area contributed by atoms with Gasteiger partial charge in [0.05, 0.1) is 30.0 Å². The molecule has 2 N–H and O–H groups in total. The zero-order valence-electron chi connectivity index (χ0n) is 17.3. The van der Waals surface area contributed by atoms with Crippen LogP contribution in [0, 0.1) is 0 Å². The van der Waals surface area contributed by atoms with Gasteiger partial charge >= 0.3 is 0 Å². The summed E-state index contributed by atoms with van der Waals surface area (Å²) < 4.78 is 5.34. The summed E-state index contributed by atoms with van der Waals surface area (Å²) >= 11 is 0. The standard InChI is InChI=1S/C24H26N2O5/c27-12-11-25-17(9-10-18-24-19(28)7-4-8-22(24)31-26-18)23-20(29)13-16(14-21(23)30)15-5-2-1-3-6-15/h1-3,5-6,16,27,29H,4,7-14H2. The van der Waals surface area contributed by atoms with Crippen molar-refractivity contribution in [2.75, 3.05) is 13.2 Å². The van der Waals surface area contributed by atoms with E-state index in [-0.39, 0.29) is 42.0 Å². The number of hydrogen-bond acceptors (Lipinski definition) is 7. The number of ketones is 2. The Morgan fingerprint density at radius 1 is 1.13 bits per heavy atom. The minimum absolute atomic E-state index is 0.0278. The lowest BCUT2D eigenvalue weighted by molar-refractivity contribution is -0.116. The van der Waals surface area contributed by atoms with E-state index in [4.69, 9.17) is 4.52 Å². The smallest absolute Gasteiger partial charge is 0.168 e. The Kier molecular flexibility index (Phi) is 6.42. The third-order valence-corrected chi connectivity index (χ3v) is 5.92. The van der Waals surface area contributed by atoms with Gasteiger partial charge in [0.1, 0.15) is 11.5 Å². The molecular weight excluding hydrogens is 396 g/mol. The highest BCUT2D eigenvalue weighted by molar-refractivity contribution is 6.23. The van der Waals surface area contributed by atoms with E-state index in [1.54, 1.807) is 0 Å². The molecule has 1 aromatic heterocycles. The predicted octanol–water partition coefficient (Wildman–Crippen LogP) is 3.52. The van der Waals surface area contributed by atoms with Crippen molar-refractivity contribution >= 4 is 17.3 Å². The Hall–Kier alpha value is -3.06. The normalized spacial score (nSPS) is 19.6. The van der Waals surface area contributed by atoms with Crippen LogP contribution in [0.15, 0.2) is 51.2 Å². The number of aromatic nitrogens is 1. The highest BCUT2D eigenvalue weighted by Crippen LogP contribution is 2.35. The van der Waals surface area contributed by atoms with Gasteiger partial charge in [-0.3, -0.25) is 14.6 Å². The summed E-state index contributed by atoms with van der Waals surface area (Å²) in [6, 6.07) is 9.68. The number of aryl methyl sites for hydroxylation is 2. The maximum Gasteiger partial charge on any atom is 0.168 e. The van der Waals surface area contributed by atoms with Crippen molar-refractivity contribution in [1.29, 1.82) is 0 Å². The largest absolute Gasteiger partial charge is 0.511 e. The van der Waals surface area contributed by atoms with E-state index in [0.717, 1.165) is 12.0 Å². The average molecular weight is 422 g/mol. The summed E-state index contributed by atoms with van der Waals surface area (Å²) in [6.45, 7) is -0.0203. The molecule has 0 radical (unpaired) electrons. The SMILES string of the molecule is O=C1CC(c2ccccc2)CC(O)=C1C(CCc1noc2c1C(=O)CCC2)=NCCO. The van der Waals surface area contributed by atoms with E-state index < -0.39 is 0 Å². The van der Waals surface area contributed by atoms with E-state index in [2.05, 4.69) is 10.1 Å². The van der Waals surface area contributed by atoms with Crippen LogP contribution in [0.5, 0.6) is 0 Å². The highest BCUT2D eigenvalue weighted by Gasteiger charge is 2.32. The summed E-state index contributed by atoms with van der Waals surface area (Å²) in [5, 5.41) is 24.1. The molecule has 2 aromatic rings. The van der Waals surface area contributed by atoms with Gasteiger partial charge in [-0.2, -0.15) is 0 Å². The van der Waals surface area contributed by atoms with Gasteiger partial charge in [-0.25, -0.2) is 0 Å². The number of allylic oxidation sites excluding steroid dienone is 2. The van der Waals surface area contributed by atoms with Crippen molar-refractivity contribution in [3.05, 3.63) is 64.2 Å². The molecule has 7 heteroatoms. The van der Waals surface area contributed by atoms with Crippen molar-refractivity contribution < 1.29 is 24.3 Å². The molecule has 4 rings (SSSR count). The minimum atomic E-state index is -0.160. The number of hydrogen-bond donors (Lipinski definition) is 2. The molecule has 2 aliphatic carbocycles. The van der Waals surface area contributed by atoms with Crippen LogP contribution in [0.1, 0.15) is 65.4 Å². The fraction of sp³-hybridized carbons (Fsp3) is 0.417. The lowest BCUT2D eigenvalue weighted by atomic mass is 9.80. The van der Waals surface area contributed by atoms with Crippen LogP contribution in [-0.2, 0) is 17.6 Å². The summed E-state index contributed by atoms with van der Waals surface area (Å²) in [5.41, 5.74) is 2.84. The van der Waals surface area contributed by atoms with E-state index in [1.807, 2.05) is 30.3 Å². The van der Waals surface area contributed by atoms with Crippen LogP contribution in [0.2, 0.25) is 0 Å². The van der Waals surface area contributed by atoms with Crippen molar-refractivity contribution in [1.82, 2.24) is 5.16 Å². The quantitative estimate of drug-likeness (QED) is 0.660. The lowest BCUT2D eigenvalue weighted by Gasteiger charge is -2.24. The number of aliphatic imine (C=N–C) groups is 1. The van der Waals surface area contributed by atoms with Gasteiger partial charge in [0.2, 0.25) is 0 Å². The van der Waals surface area contributed by atoms with Gasteiger partial charge in [0.15, 0.2) is 11.6 Å². The fourth-order valence-corrected chi connectivity index (χ4v) is 4.44. The van der Waals surface area contributed by atoms with Crippen LogP contribution < -0.4 is 0 Å². The monoisotopic (exact) mass is 422 g/mol. The molecule has 7 nitrogen and oxygen atoms in total. The van der Waals surface area contributed by atoms with Crippen LogP contribution >= 0.6 is 0 Å². The first-order valence-corrected chi connectivity index (χ1v) is 10.7. The lowest BCUT2D eigenvalue weighted by Crippen LogP contribution is -2.25. The number of aliphatic hydroxyl groups is 2. The number of carbonyl (C=O) groups is 2. The first-order chi connectivity index (χ1) is 15.1. The topological polar surface area (TPSA) is 113 Å². The molecule has 0 saturated carbocycles. The summed E-state index contributed by atoms with van der Waals surface area (Å²) in [4.78, 5) is 29.7. The minimum Gasteiger partial charge on any atom is -0.511 e. The number of benzene rings is 1. The first kappa shape index (κ1) is 21.2. The third-order valence-electron chi connectivity index (χ3n) is 5.92. The first-order valence-electron chi connectivity index (χ1n) is 10.7. The van der Waals surface area contributed by atoms with Crippen molar-refractivity contribution in [2.24, 2.45) is 4.99 Å². The Bertz CT molecular complexity index is 1040. The molecule has 0 aliphatic heterocycles. The second kappa shape index (κ2) is 9.39. The average Bonchev–Trinajstić information content (AvgIpc) is 3.19. The second-order valence-corrected chi connectivity index (χ2v) is 8.02.